The van der Waals surface area contributed by atoms with E-state index in [-0.39, 0.29) is 42.5 Å². The summed E-state index contributed by atoms with van der Waals surface area (Å²) in [7, 11) is 0. The van der Waals surface area contributed by atoms with Gasteiger partial charge >= 0.3 is 0 Å². The highest BCUT2D eigenvalue weighted by Crippen LogP contribution is 2.28. The molecule has 2 amide bonds. The lowest BCUT2D eigenvalue weighted by atomic mass is 9.97. The summed E-state index contributed by atoms with van der Waals surface area (Å²) in [5.41, 5.74) is 5.88. The highest BCUT2D eigenvalue weighted by Gasteiger charge is 2.29. The molecule has 10 heteroatoms. The standard InChI is InChI=1S/C16H20N4O2S2.2ClH/c17-5-6-18-14(21)11-3-1-7-20(9-11)16(22)12-10-24-15(19-12)13-4-2-8-23-13;;/h2,4,8,10-11H,1,3,5-7,9,17H2,(H,18,21);2*1H. The zero-order valence-corrected chi connectivity index (χ0v) is 17.3. The van der Waals surface area contributed by atoms with Gasteiger partial charge in [0.25, 0.3) is 5.91 Å². The summed E-state index contributed by atoms with van der Waals surface area (Å²) in [6, 6.07) is 3.97. The minimum atomic E-state index is -0.162. The molecule has 0 aliphatic carbocycles. The maximum absolute atomic E-state index is 12.7. The van der Waals surface area contributed by atoms with Crippen LogP contribution in [0.5, 0.6) is 0 Å². The Kier molecular flexibility index (Phi) is 9.52. The number of rotatable bonds is 5. The Balaban J connectivity index is 0.00000169. The highest BCUT2D eigenvalue weighted by molar-refractivity contribution is 7.20. The normalized spacial score (nSPS) is 16.3. The summed E-state index contributed by atoms with van der Waals surface area (Å²) in [5, 5.41) is 7.47. The fourth-order valence-corrected chi connectivity index (χ4v) is 4.37. The fourth-order valence-electron chi connectivity index (χ4n) is 2.76. The van der Waals surface area contributed by atoms with Gasteiger partial charge in [-0.2, -0.15) is 0 Å². The van der Waals surface area contributed by atoms with E-state index in [2.05, 4.69) is 10.3 Å². The third-order valence-electron chi connectivity index (χ3n) is 3.98. The van der Waals surface area contributed by atoms with Gasteiger partial charge in [0.15, 0.2) is 0 Å². The topological polar surface area (TPSA) is 88.3 Å². The second kappa shape index (κ2) is 10.8. The van der Waals surface area contributed by atoms with E-state index in [1.807, 2.05) is 17.5 Å². The number of hydrogen-bond donors (Lipinski definition) is 2. The number of nitrogens with zero attached hydrogens (tertiary/aromatic N) is 2. The average molecular weight is 437 g/mol. The summed E-state index contributed by atoms with van der Waals surface area (Å²) < 4.78 is 0. The zero-order valence-electron chi connectivity index (χ0n) is 14.1. The first kappa shape index (κ1) is 22.9. The Bertz CT molecular complexity index is 709. The largest absolute Gasteiger partial charge is 0.355 e. The second-order valence-corrected chi connectivity index (χ2v) is 7.49. The zero-order chi connectivity index (χ0) is 16.9. The molecule has 1 unspecified atom stereocenters. The van der Waals surface area contributed by atoms with Crippen molar-refractivity contribution in [2.45, 2.75) is 12.8 Å². The molecule has 1 atom stereocenters. The number of halogens is 2. The predicted octanol–water partition coefficient (Wildman–Crippen LogP) is 2.64. The summed E-state index contributed by atoms with van der Waals surface area (Å²) >= 11 is 3.08. The molecule has 3 heterocycles. The van der Waals surface area contributed by atoms with Crippen LogP contribution in [0.4, 0.5) is 0 Å². The van der Waals surface area contributed by atoms with Crippen molar-refractivity contribution in [1.82, 2.24) is 15.2 Å². The lowest BCUT2D eigenvalue weighted by molar-refractivity contribution is -0.126. The number of carbonyl (C=O) groups excluding carboxylic acids is 2. The fraction of sp³-hybridized carbons (Fsp3) is 0.438. The lowest BCUT2D eigenvalue weighted by Crippen LogP contribution is -2.46. The molecule has 1 fully saturated rings. The quantitative estimate of drug-likeness (QED) is 0.753. The first-order valence-electron chi connectivity index (χ1n) is 7.95. The van der Waals surface area contributed by atoms with E-state index in [1.165, 1.54) is 11.3 Å². The number of nitrogens with two attached hydrogens (primary N) is 1. The van der Waals surface area contributed by atoms with Crippen molar-refractivity contribution >= 4 is 59.3 Å². The molecule has 1 aliphatic rings. The number of amides is 2. The Morgan fingerprint density at radius 1 is 1.35 bits per heavy atom. The van der Waals surface area contributed by atoms with Crippen molar-refractivity contribution in [3.8, 4) is 9.88 Å². The molecule has 0 saturated carbocycles. The third kappa shape index (κ3) is 5.40. The minimum absolute atomic E-state index is 0. The lowest BCUT2D eigenvalue weighted by Gasteiger charge is -2.31. The van der Waals surface area contributed by atoms with Crippen molar-refractivity contribution in [3.05, 3.63) is 28.6 Å². The monoisotopic (exact) mass is 436 g/mol. The van der Waals surface area contributed by atoms with Gasteiger partial charge in [-0.05, 0) is 24.3 Å². The Morgan fingerprint density at radius 2 is 2.15 bits per heavy atom. The van der Waals surface area contributed by atoms with Crippen LogP contribution in [0.15, 0.2) is 22.9 Å². The number of hydrogen-bond acceptors (Lipinski definition) is 6. The maximum Gasteiger partial charge on any atom is 0.273 e. The van der Waals surface area contributed by atoms with Crippen LogP contribution in [0.25, 0.3) is 9.88 Å². The maximum atomic E-state index is 12.7. The first-order chi connectivity index (χ1) is 11.7. The van der Waals surface area contributed by atoms with Gasteiger partial charge in [-0.3, -0.25) is 9.59 Å². The van der Waals surface area contributed by atoms with Crippen molar-refractivity contribution in [3.63, 3.8) is 0 Å². The van der Waals surface area contributed by atoms with Gasteiger partial charge in [0.1, 0.15) is 10.7 Å². The second-order valence-electron chi connectivity index (χ2n) is 5.69. The molecule has 26 heavy (non-hydrogen) atoms. The van der Waals surface area contributed by atoms with Crippen LogP contribution >= 0.6 is 47.5 Å². The molecule has 0 spiro atoms. The third-order valence-corrected chi connectivity index (χ3v) is 5.86. The molecular weight excluding hydrogens is 415 g/mol. The molecular formula is C16H22Cl2N4O2S2. The van der Waals surface area contributed by atoms with Crippen molar-refractivity contribution in [2.75, 3.05) is 26.2 Å². The molecule has 1 aliphatic heterocycles. The van der Waals surface area contributed by atoms with Crippen LogP contribution in [0, 0.1) is 5.92 Å². The molecule has 6 nitrogen and oxygen atoms in total. The molecule has 1 saturated heterocycles. The number of aromatic nitrogens is 1. The van der Waals surface area contributed by atoms with Crippen LogP contribution in [0.3, 0.4) is 0 Å². The predicted molar refractivity (Wildman–Crippen MR) is 111 cm³/mol. The molecule has 0 aromatic carbocycles. The van der Waals surface area contributed by atoms with Crippen LogP contribution in [-0.4, -0.2) is 47.9 Å². The van der Waals surface area contributed by atoms with Crippen molar-refractivity contribution < 1.29 is 9.59 Å². The smallest absolute Gasteiger partial charge is 0.273 e. The number of carbonyl (C=O) groups is 2. The van der Waals surface area contributed by atoms with E-state index in [1.54, 1.807) is 21.6 Å². The number of likely N-dealkylation sites (tertiary alicyclic amines) is 1. The van der Waals surface area contributed by atoms with Crippen LogP contribution in [0.1, 0.15) is 23.3 Å². The first-order valence-corrected chi connectivity index (χ1v) is 9.71. The van der Waals surface area contributed by atoms with E-state index in [0.717, 1.165) is 22.7 Å². The molecule has 3 N–H and O–H groups in total. The van der Waals surface area contributed by atoms with Crippen molar-refractivity contribution in [1.29, 1.82) is 0 Å². The van der Waals surface area contributed by atoms with Gasteiger partial charge in [-0.25, -0.2) is 4.98 Å². The van der Waals surface area contributed by atoms with Gasteiger partial charge in [0.05, 0.1) is 10.8 Å². The molecule has 3 rings (SSSR count). The highest BCUT2D eigenvalue weighted by atomic mass is 35.5. The van der Waals surface area contributed by atoms with Gasteiger partial charge in [0, 0.05) is 31.6 Å². The van der Waals surface area contributed by atoms with Gasteiger partial charge in [-0.1, -0.05) is 6.07 Å². The average Bonchev–Trinajstić information content (AvgIpc) is 3.30. The molecule has 0 radical (unpaired) electrons. The van der Waals surface area contributed by atoms with Crippen molar-refractivity contribution in [2.24, 2.45) is 11.7 Å². The number of nitrogens with one attached hydrogen (secondary N) is 1. The van der Waals surface area contributed by atoms with E-state index in [9.17, 15) is 9.59 Å². The van der Waals surface area contributed by atoms with Crippen LogP contribution in [-0.2, 0) is 4.79 Å². The SMILES string of the molecule is Cl.Cl.NCCNC(=O)C1CCCN(C(=O)c2csc(-c3cccs3)n2)C1. The van der Waals surface area contributed by atoms with E-state index < -0.39 is 0 Å². The summed E-state index contributed by atoms with van der Waals surface area (Å²) in [6.45, 7) is 2.01. The van der Waals surface area contributed by atoms with Crippen LogP contribution < -0.4 is 11.1 Å². The molecule has 2 aromatic heterocycles. The van der Waals surface area contributed by atoms with E-state index >= 15 is 0 Å². The summed E-state index contributed by atoms with van der Waals surface area (Å²) in [5.74, 6) is -0.273. The van der Waals surface area contributed by atoms with Gasteiger partial charge < -0.3 is 16.0 Å². The number of thiazole rings is 1. The molecule has 0 bridgehead atoms. The summed E-state index contributed by atoms with van der Waals surface area (Å²) in [6.07, 6.45) is 1.63. The number of piperidine rings is 1. The van der Waals surface area contributed by atoms with Gasteiger partial charge in [-0.15, -0.1) is 47.5 Å². The number of thiophene rings is 1. The Morgan fingerprint density at radius 3 is 2.85 bits per heavy atom. The van der Waals surface area contributed by atoms with E-state index in [4.69, 9.17) is 5.73 Å². The summed E-state index contributed by atoms with van der Waals surface area (Å²) in [4.78, 5) is 32.1. The minimum Gasteiger partial charge on any atom is -0.355 e. The Hall–Kier alpha value is -1.19. The van der Waals surface area contributed by atoms with Crippen LogP contribution in [0.2, 0.25) is 0 Å². The van der Waals surface area contributed by atoms with Gasteiger partial charge in [0.2, 0.25) is 5.91 Å². The molecule has 144 valence electrons. The Labute approximate surface area is 173 Å². The van der Waals surface area contributed by atoms with E-state index in [0.29, 0.717) is 31.9 Å². The molecule has 2 aromatic rings.